The standard InChI is InChI=1S/C15H19F6N3O3/c1-13(2,15(19,20)21)27-6-5-23-12(25)24-8-10-3-4-22-11(7-10)26-9-14(16,17)18/h3-4,7H,5-6,8-9H2,1-2H3,(H2,23,24,25). The van der Waals surface area contributed by atoms with E-state index in [0.717, 1.165) is 13.8 Å². The molecule has 0 aromatic carbocycles. The van der Waals surface area contributed by atoms with Crippen LogP contribution in [0.1, 0.15) is 19.4 Å². The van der Waals surface area contributed by atoms with E-state index in [0.29, 0.717) is 5.56 Å². The molecule has 0 unspecified atom stereocenters. The number of amides is 2. The predicted molar refractivity (Wildman–Crippen MR) is 82.1 cm³/mol. The quantitative estimate of drug-likeness (QED) is 0.517. The Bertz CT molecular complexity index is 620. The van der Waals surface area contributed by atoms with E-state index < -0.39 is 30.6 Å². The van der Waals surface area contributed by atoms with E-state index in [9.17, 15) is 31.1 Å². The van der Waals surface area contributed by atoms with Gasteiger partial charge >= 0.3 is 18.4 Å². The first kappa shape index (κ1) is 22.8. The Hall–Kier alpha value is -2.24. The highest BCUT2D eigenvalue weighted by Gasteiger charge is 2.48. The lowest BCUT2D eigenvalue weighted by atomic mass is 10.1. The largest absolute Gasteiger partial charge is 0.468 e. The molecule has 27 heavy (non-hydrogen) atoms. The van der Waals surface area contributed by atoms with Gasteiger partial charge in [-0.05, 0) is 25.5 Å². The third-order valence-corrected chi connectivity index (χ3v) is 3.17. The van der Waals surface area contributed by atoms with Crippen LogP contribution in [0, 0.1) is 0 Å². The molecule has 0 saturated heterocycles. The van der Waals surface area contributed by atoms with E-state index in [4.69, 9.17) is 4.74 Å². The molecule has 0 fully saturated rings. The van der Waals surface area contributed by atoms with E-state index >= 15 is 0 Å². The first-order valence-electron chi connectivity index (χ1n) is 7.67. The number of alkyl halides is 6. The van der Waals surface area contributed by atoms with Crippen LogP contribution in [0.4, 0.5) is 31.1 Å². The summed E-state index contributed by atoms with van der Waals surface area (Å²) >= 11 is 0. The molecular formula is C15H19F6N3O3. The predicted octanol–water partition coefficient (Wildman–Crippen LogP) is 3.18. The maximum absolute atomic E-state index is 12.6. The number of ether oxygens (including phenoxy) is 2. The molecule has 2 amide bonds. The van der Waals surface area contributed by atoms with Crippen molar-refractivity contribution in [2.75, 3.05) is 19.8 Å². The first-order valence-corrected chi connectivity index (χ1v) is 7.67. The van der Waals surface area contributed by atoms with Crippen LogP contribution in [0.5, 0.6) is 5.88 Å². The summed E-state index contributed by atoms with van der Waals surface area (Å²) in [6.45, 7) is -0.326. The van der Waals surface area contributed by atoms with Crippen molar-refractivity contribution in [2.24, 2.45) is 0 Å². The monoisotopic (exact) mass is 403 g/mol. The zero-order chi connectivity index (χ0) is 20.7. The molecule has 1 rings (SSSR count). The molecule has 0 bridgehead atoms. The molecule has 154 valence electrons. The van der Waals surface area contributed by atoms with Gasteiger partial charge in [-0.15, -0.1) is 0 Å². The average Bonchev–Trinajstić information content (AvgIpc) is 2.54. The van der Waals surface area contributed by atoms with Crippen molar-refractivity contribution in [1.29, 1.82) is 0 Å². The summed E-state index contributed by atoms with van der Waals surface area (Å²) in [5.41, 5.74) is -1.92. The lowest BCUT2D eigenvalue weighted by Crippen LogP contribution is -2.44. The molecule has 0 atom stereocenters. The smallest absolute Gasteiger partial charge is 0.422 e. The van der Waals surface area contributed by atoms with Gasteiger partial charge in [0.25, 0.3) is 0 Å². The minimum Gasteiger partial charge on any atom is -0.468 e. The fourth-order valence-corrected chi connectivity index (χ4v) is 1.59. The summed E-state index contributed by atoms with van der Waals surface area (Å²) in [6, 6.07) is 1.99. The lowest BCUT2D eigenvalue weighted by Gasteiger charge is -2.27. The number of rotatable bonds is 8. The summed E-state index contributed by atoms with van der Waals surface area (Å²) in [7, 11) is 0. The Balaban J connectivity index is 2.34. The average molecular weight is 403 g/mol. The SMILES string of the molecule is CC(C)(OCCNC(=O)NCc1ccnc(OCC(F)(F)F)c1)C(F)(F)F. The highest BCUT2D eigenvalue weighted by molar-refractivity contribution is 5.73. The van der Waals surface area contributed by atoms with Crippen LogP contribution in [0.3, 0.4) is 0 Å². The van der Waals surface area contributed by atoms with E-state index in [1.165, 1.54) is 18.3 Å². The molecule has 0 aliphatic rings. The number of nitrogens with one attached hydrogen (secondary N) is 2. The van der Waals surface area contributed by atoms with E-state index in [2.05, 4.69) is 20.4 Å². The summed E-state index contributed by atoms with van der Waals surface area (Å²) < 4.78 is 83.2. The first-order chi connectivity index (χ1) is 12.3. The molecule has 0 aliphatic carbocycles. The minimum absolute atomic E-state index is 0.0500. The summed E-state index contributed by atoms with van der Waals surface area (Å²) in [4.78, 5) is 15.2. The number of pyridine rings is 1. The summed E-state index contributed by atoms with van der Waals surface area (Å²) in [6.07, 6.45) is -7.82. The molecule has 1 aromatic heterocycles. The second kappa shape index (κ2) is 9.11. The van der Waals surface area contributed by atoms with Crippen LogP contribution >= 0.6 is 0 Å². The highest BCUT2D eigenvalue weighted by Crippen LogP contribution is 2.32. The fraction of sp³-hybridized carbons (Fsp3) is 0.600. The van der Waals surface area contributed by atoms with Crippen molar-refractivity contribution in [3.8, 4) is 5.88 Å². The van der Waals surface area contributed by atoms with Crippen LogP contribution < -0.4 is 15.4 Å². The Morgan fingerprint density at radius 3 is 2.41 bits per heavy atom. The van der Waals surface area contributed by atoms with Crippen LogP contribution in [0.2, 0.25) is 0 Å². The number of halogens is 6. The van der Waals surface area contributed by atoms with Gasteiger partial charge in [0.2, 0.25) is 5.88 Å². The zero-order valence-electron chi connectivity index (χ0n) is 14.5. The summed E-state index contributed by atoms with van der Waals surface area (Å²) in [5.74, 6) is -0.255. The van der Waals surface area contributed by atoms with Gasteiger partial charge in [-0.3, -0.25) is 0 Å². The highest BCUT2D eigenvalue weighted by atomic mass is 19.4. The van der Waals surface area contributed by atoms with E-state index in [-0.39, 0.29) is 25.6 Å². The van der Waals surface area contributed by atoms with Gasteiger partial charge in [0.1, 0.15) is 0 Å². The van der Waals surface area contributed by atoms with Crippen LogP contribution in [0.15, 0.2) is 18.3 Å². The Morgan fingerprint density at radius 1 is 1.15 bits per heavy atom. The molecule has 0 saturated carbocycles. The third-order valence-electron chi connectivity index (χ3n) is 3.17. The molecule has 1 heterocycles. The van der Waals surface area contributed by atoms with Gasteiger partial charge < -0.3 is 20.1 Å². The number of carbonyl (C=O) groups is 1. The zero-order valence-corrected chi connectivity index (χ0v) is 14.5. The van der Waals surface area contributed by atoms with Gasteiger partial charge in [-0.25, -0.2) is 9.78 Å². The fourth-order valence-electron chi connectivity index (χ4n) is 1.59. The van der Waals surface area contributed by atoms with Gasteiger partial charge in [-0.2, -0.15) is 26.3 Å². The molecule has 0 aliphatic heterocycles. The Morgan fingerprint density at radius 2 is 1.81 bits per heavy atom. The number of aromatic nitrogens is 1. The maximum atomic E-state index is 12.6. The molecule has 6 nitrogen and oxygen atoms in total. The minimum atomic E-state index is -4.54. The molecule has 0 spiro atoms. The van der Waals surface area contributed by atoms with Crippen molar-refractivity contribution in [3.63, 3.8) is 0 Å². The van der Waals surface area contributed by atoms with Crippen molar-refractivity contribution in [1.82, 2.24) is 15.6 Å². The topological polar surface area (TPSA) is 72.5 Å². The summed E-state index contributed by atoms with van der Waals surface area (Å²) in [5, 5.41) is 4.69. The second-order valence-corrected chi connectivity index (χ2v) is 5.87. The second-order valence-electron chi connectivity index (χ2n) is 5.87. The van der Waals surface area contributed by atoms with E-state index in [1.54, 1.807) is 0 Å². The van der Waals surface area contributed by atoms with Crippen molar-refractivity contribution < 1.29 is 40.6 Å². The van der Waals surface area contributed by atoms with Crippen molar-refractivity contribution in [3.05, 3.63) is 23.9 Å². The Kier molecular flexibility index (Phi) is 7.69. The molecule has 2 N–H and O–H groups in total. The van der Waals surface area contributed by atoms with Crippen molar-refractivity contribution in [2.45, 2.75) is 38.3 Å². The van der Waals surface area contributed by atoms with E-state index in [1.807, 2.05) is 0 Å². The number of carbonyl (C=O) groups excluding carboxylic acids is 1. The number of nitrogens with zero attached hydrogens (tertiary/aromatic N) is 1. The van der Waals surface area contributed by atoms with Crippen LogP contribution in [-0.4, -0.2) is 48.7 Å². The molecule has 0 radical (unpaired) electrons. The molecular weight excluding hydrogens is 384 g/mol. The third kappa shape index (κ3) is 8.80. The van der Waals surface area contributed by atoms with Gasteiger partial charge in [-0.1, -0.05) is 0 Å². The van der Waals surface area contributed by atoms with Crippen LogP contribution in [-0.2, 0) is 11.3 Å². The van der Waals surface area contributed by atoms with Gasteiger partial charge in [0.05, 0.1) is 6.61 Å². The number of hydrogen-bond donors (Lipinski definition) is 2. The van der Waals surface area contributed by atoms with Crippen LogP contribution in [0.25, 0.3) is 0 Å². The number of urea groups is 1. The maximum Gasteiger partial charge on any atom is 0.422 e. The van der Waals surface area contributed by atoms with Crippen molar-refractivity contribution >= 4 is 6.03 Å². The molecule has 12 heteroatoms. The molecule has 1 aromatic rings. The number of hydrogen-bond acceptors (Lipinski definition) is 4. The van der Waals surface area contributed by atoms with Gasteiger partial charge in [0.15, 0.2) is 12.2 Å². The Labute approximate surface area is 151 Å². The lowest BCUT2D eigenvalue weighted by molar-refractivity contribution is -0.262. The normalized spacial score (nSPS) is 12.6. The van der Waals surface area contributed by atoms with Gasteiger partial charge in [0, 0.05) is 25.4 Å².